The van der Waals surface area contributed by atoms with E-state index in [1.54, 1.807) is 0 Å². The summed E-state index contributed by atoms with van der Waals surface area (Å²) in [6.07, 6.45) is 35.3. The first kappa shape index (κ1) is 45.7. The molecular weight excluding hydrogens is 703 g/mol. The van der Waals surface area contributed by atoms with E-state index < -0.39 is 5.72 Å². The molecular formula is C46H84N5O5+. The van der Waals surface area contributed by atoms with Gasteiger partial charge < -0.3 is 30.6 Å². The van der Waals surface area contributed by atoms with E-state index in [9.17, 15) is 9.59 Å². The molecule has 0 saturated carbocycles. The lowest BCUT2D eigenvalue weighted by Crippen LogP contribution is -3.29. The van der Waals surface area contributed by atoms with Crippen molar-refractivity contribution in [2.45, 2.75) is 236 Å². The summed E-state index contributed by atoms with van der Waals surface area (Å²) in [4.78, 5) is 28.3. The highest BCUT2D eigenvalue weighted by Gasteiger charge is 2.66. The van der Waals surface area contributed by atoms with Crippen molar-refractivity contribution >= 4 is 11.8 Å². The zero-order chi connectivity index (χ0) is 39.6. The van der Waals surface area contributed by atoms with Crippen molar-refractivity contribution in [2.24, 2.45) is 23.3 Å². The second-order valence-electron chi connectivity index (χ2n) is 18.4. The number of nitrogens with one attached hydrogen (secondary N) is 3. The summed E-state index contributed by atoms with van der Waals surface area (Å²) in [7, 11) is 0. The number of esters is 1. The Morgan fingerprint density at radius 1 is 0.821 bits per heavy atom. The monoisotopic (exact) mass is 787 g/mol. The van der Waals surface area contributed by atoms with E-state index >= 15 is 0 Å². The predicted molar refractivity (Wildman–Crippen MR) is 225 cm³/mol. The average molecular weight is 787 g/mol. The molecule has 10 unspecified atom stereocenters. The lowest BCUT2D eigenvalue weighted by Gasteiger charge is -2.58. The van der Waals surface area contributed by atoms with E-state index in [0.29, 0.717) is 31.5 Å². The summed E-state index contributed by atoms with van der Waals surface area (Å²) in [6.45, 7) is 6.25. The molecule has 0 bridgehead atoms. The standard InChI is InChI=1S/C46H83N5O5/c1-3-39-26-16-18-30-45(56-39)35-38-28-29-40-42(46(31-21-23-36(2)55-46)50-44(49-45)51(38)40)43(53)54-34-20-14-12-10-8-6-4-5-7-9-11-13-15-27-41(52)37(25-22-33-48)24-17-19-32-47/h16,26,36-40,42,44,49-50H,3-15,17-25,27-35,47-48H2,1-2H3/p+1. The molecule has 4 fully saturated rings. The molecule has 56 heavy (non-hydrogen) atoms. The highest BCUT2D eigenvalue weighted by Crippen LogP contribution is 2.42. The van der Waals surface area contributed by atoms with Crippen LogP contribution in [0.1, 0.15) is 194 Å². The number of unbranched alkanes of at least 4 members (excludes halogenated alkanes) is 13. The van der Waals surface area contributed by atoms with E-state index in [0.717, 1.165) is 116 Å². The fourth-order valence-corrected chi connectivity index (χ4v) is 11.1. The highest BCUT2D eigenvalue weighted by atomic mass is 16.6. The van der Waals surface area contributed by atoms with Gasteiger partial charge in [0.05, 0.1) is 24.9 Å². The first-order valence-electron chi connectivity index (χ1n) is 23.9. The molecule has 0 amide bonds. The lowest BCUT2D eigenvalue weighted by atomic mass is 9.79. The van der Waals surface area contributed by atoms with Crippen LogP contribution in [0, 0.1) is 11.8 Å². The molecule has 4 saturated heterocycles. The first-order chi connectivity index (χ1) is 27.3. The zero-order valence-electron chi connectivity index (χ0n) is 35.8. The minimum absolute atomic E-state index is 0.00145. The smallest absolute Gasteiger partial charge is 0.319 e. The number of nitrogens with two attached hydrogens (primary N) is 2. The van der Waals surface area contributed by atoms with Gasteiger partial charge in [-0.2, -0.15) is 0 Å². The number of ether oxygens (including phenoxy) is 3. The summed E-state index contributed by atoms with van der Waals surface area (Å²) in [6, 6.07) is 0.648. The zero-order valence-corrected chi connectivity index (χ0v) is 35.8. The Morgan fingerprint density at radius 3 is 2.18 bits per heavy atom. The minimum Gasteiger partial charge on any atom is -0.465 e. The largest absolute Gasteiger partial charge is 0.465 e. The number of carbonyl (C=O) groups excluding carboxylic acids is 2. The van der Waals surface area contributed by atoms with Crippen LogP contribution in [0.25, 0.3) is 0 Å². The third-order valence-electron chi connectivity index (χ3n) is 14.0. The molecule has 5 rings (SSSR count). The van der Waals surface area contributed by atoms with Gasteiger partial charge in [0.15, 0.2) is 5.92 Å². The van der Waals surface area contributed by atoms with Gasteiger partial charge in [0.1, 0.15) is 23.3 Å². The maximum absolute atomic E-state index is 14.1. The van der Waals surface area contributed by atoms with Crippen LogP contribution in [-0.2, 0) is 23.8 Å². The van der Waals surface area contributed by atoms with E-state index in [4.69, 9.17) is 25.7 Å². The van der Waals surface area contributed by atoms with Gasteiger partial charge in [-0.15, -0.1) is 0 Å². The van der Waals surface area contributed by atoms with Gasteiger partial charge in [-0.1, -0.05) is 96.1 Å². The van der Waals surface area contributed by atoms with Crippen LogP contribution < -0.4 is 27.0 Å². The third kappa shape index (κ3) is 13.0. The number of hydrogen-bond donors (Lipinski definition) is 5. The number of quaternary nitrogens is 1. The number of allylic oxidation sites excluding steroid dienone is 1. The van der Waals surface area contributed by atoms with Crippen LogP contribution in [0.4, 0.5) is 0 Å². The number of hydrogen-bond acceptors (Lipinski definition) is 9. The van der Waals surface area contributed by atoms with Gasteiger partial charge in [0, 0.05) is 31.6 Å². The minimum atomic E-state index is -0.694. The van der Waals surface area contributed by atoms with Crippen LogP contribution in [0.2, 0.25) is 0 Å². The SMILES string of the molecule is CCC1C=CCCC2(CC3CCC4C(C(=O)OCCCCCCCCCCCCCCCC(=O)C(CCCN)CCCCN)C5(CCCC(C)O5)NC(N2)[NH+]34)O1. The third-order valence-corrected chi connectivity index (χ3v) is 14.0. The summed E-state index contributed by atoms with van der Waals surface area (Å²) in [5, 5.41) is 7.92. The van der Waals surface area contributed by atoms with Crippen LogP contribution in [-0.4, -0.2) is 73.5 Å². The molecule has 5 heterocycles. The Labute approximate surface area is 341 Å². The molecule has 0 radical (unpaired) electrons. The van der Waals surface area contributed by atoms with Crippen molar-refractivity contribution in [3.8, 4) is 0 Å². The molecule has 5 aliphatic heterocycles. The highest BCUT2D eigenvalue weighted by molar-refractivity contribution is 5.80. The van der Waals surface area contributed by atoms with Crippen molar-refractivity contribution in [2.75, 3.05) is 19.7 Å². The van der Waals surface area contributed by atoms with Crippen molar-refractivity contribution in [1.29, 1.82) is 0 Å². The Balaban J connectivity index is 0.933. The van der Waals surface area contributed by atoms with Gasteiger partial charge in [0.25, 0.3) is 0 Å². The first-order valence-corrected chi connectivity index (χ1v) is 23.9. The number of Topliss-reactive ketones (excluding diaryl/α,β-unsaturated/α-hetero) is 1. The summed E-state index contributed by atoms with van der Waals surface area (Å²) in [5.74, 6) is 0.302. The molecule has 0 aliphatic carbocycles. The van der Waals surface area contributed by atoms with E-state index in [1.165, 1.54) is 69.1 Å². The molecule has 7 N–H and O–H groups in total. The quantitative estimate of drug-likeness (QED) is 0.0353. The van der Waals surface area contributed by atoms with E-state index in [1.807, 2.05) is 0 Å². The maximum Gasteiger partial charge on any atom is 0.319 e. The molecule has 10 atom stereocenters. The average Bonchev–Trinajstić information content (AvgIpc) is 3.49. The topological polar surface area (TPSA) is 142 Å². The van der Waals surface area contributed by atoms with Crippen LogP contribution in [0.15, 0.2) is 12.2 Å². The van der Waals surface area contributed by atoms with Gasteiger partial charge in [-0.05, 0) is 97.1 Å². The Kier molecular flexibility index (Phi) is 19.6. The molecule has 10 heteroatoms. The van der Waals surface area contributed by atoms with Crippen molar-refractivity contribution in [3.63, 3.8) is 0 Å². The van der Waals surface area contributed by atoms with Crippen LogP contribution in [0.3, 0.4) is 0 Å². The molecule has 10 nitrogen and oxygen atoms in total. The van der Waals surface area contributed by atoms with Gasteiger partial charge in [-0.3, -0.25) is 9.59 Å². The second-order valence-corrected chi connectivity index (χ2v) is 18.4. The molecule has 5 aliphatic rings. The van der Waals surface area contributed by atoms with Gasteiger partial charge >= 0.3 is 5.97 Å². The molecule has 322 valence electrons. The molecule has 0 aromatic carbocycles. The molecule has 2 spiro atoms. The normalized spacial score (nSPS) is 33.0. The molecule has 0 aromatic heterocycles. The maximum atomic E-state index is 14.1. The summed E-state index contributed by atoms with van der Waals surface area (Å²) in [5.41, 5.74) is 10.3. The fourth-order valence-electron chi connectivity index (χ4n) is 11.1. The summed E-state index contributed by atoms with van der Waals surface area (Å²) < 4.78 is 19.8. The fraction of sp³-hybridized carbons (Fsp3) is 0.913. The Bertz CT molecular complexity index is 1190. The number of carbonyl (C=O) groups is 2. The predicted octanol–water partition coefficient (Wildman–Crippen LogP) is 7.08. The van der Waals surface area contributed by atoms with Crippen LogP contribution in [0.5, 0.6) is 0 Å². The summed E-state index contributed by atoms with van der Waals surface area (Å²) >= 11 is 0. The van der Waals surface area contributed by atoms with E-state index in [-0.39, 0.29) is 48.1 Å². The van der Waals surface area contributed by atoms with Crippen molar-refractivity contribution < 1.29 is 28.7 Å². The lowest BCUT2D eigenvalue weighted by molar-refractivity contribution is -0.985. The van der Waals surface area contributed by atoms with Gasteiger partial charge in [-0.25, -0.2) is 10.6 Å². The Hall–Kier alpha value is -1.40. The second kappa shape index (κ2) is 24.0. The van der Waals surface area contributed by atoms with Crippen molar-refractivity contribution in [3.05, 3.63) is 12.2 Å². The van der Waals surface area contributed by atoms with Crippen LogP contribution >= 0.6 is 0 Å². The molecule has 0 aromatic rings. The number of ketones is 1. The Morgan fingerprint density at radius 2 is 1.50 bits per heavy atom. The van der Waals surface area contributed by atoms with E-state index in [2.05, 4.69) is 36.6 Å². The van der Waals surface area contributed by atoms with Crippen molar-refractivity contribution in [1.82, 2.24) is 10.6 Å². The number of rotatable bonds is 26. The van der Waals surface area contributed by atoms with Gasteiger partial charge in [0.2, 0.25) is 6.29 Å².